The Morgan fingerprint density at radius 2 is 1.03 bits per heavy atom. The molecule has 0 aromatic heterocycles. The van der Waals surface area contributed by atoms with E-state index in [0.29, 0.717) is 0 Å². The highest BCUT2D eigenvalue weighted by Crippen LogP contribution is 2.34. The van der Waals surface area contributed by atoms with Crippen LogP contribution in [0.3, 0.4) is 0 Å². The Hall–Kier alpha value is -0.560. The minimum Gasteiger partial charge on any atom is -0.394 e. The molecule has 200 valence electrons. The summed E-state index contributed by atoms with van der Waals surface area (Å²) in [6.07, 6.45) is -18.5. The molecule has 3 rings (SSSR count). The highest BCUT2D eigenvalue weighted by Gasteiger charge is 2.52. The van der Waals surface area contributed by atoms with Gasteiger partial charge in [0.1, 0.15) is 61.0 Å². The molecule has 3 fully saturated rings. The lowest BCUT2D eigenvalue weighted by Gasteiger charge is -2.48. The topological polar surface area (TPSA) is 228 Å². The summed E-state index contributed by atoms with van der Waals surface area (Å²) in [7, 11) is 0. The molecule has 6 unspecified atom stereocenters. The minimum atomic E-state index is -1.72. The SMILES string of the molecule is CC1C(O)[C@H](O[C@@H]2OC(CO)[C@H](O)[C@H](O)C2O)[C@H](CO)O[C@H]1O[C@@H]1C(O)[C@H](O)C(CO)O[C@@H]1C. The lowest BCUT2D eigenvalue weighted by molar-refractivity contribution is -0.364. The molecule has 15 atom stereocenters. The van der Waals surface area contributed by atoms with Gasteiger partial charge in [0.15, 0.2) is 12.6 Å². The van der Waals surface area contributed by atoms with E-state index in [1.165, 1.54) is 0 Å². The highest BCUT2D eigenvalue weighted by atomic mass is 16.7. The monoisotopic (exact) mass is 500 g/mol. The van der Waals surface area contributed by atoms with Gasteiger partial charge in [-0.1, -0.05) is 6.92 Å². The van der Waals surface area contributed by atoms with E-state index in [2.05, 4.69) is 0 Å². The van der Waals surface area contributed by atoms with Crippen LogP contribution in [-0.2, 0) is 23.7 Å². The summed E-state index contributed by atoms with van der Waals surface area (Å²) >= 11 is 0. The fourth-order valence-electron chi connectivity index (χ4n) is 4.48. The average Bonchev–Trinajstić information content (AvgIpc) is 2.83. The van der Waals surface area contributed by atoms with Crippen molar-refractivity contribution in [1.29, 1.82) is 0 Å². The molecule has 0 aromatic rings. The van der Waals surface area contributed by atoms with E-state index in [1.54, 1.807) is 13.8 Å². The fourth-order valence-corrected chi connectivity index (χ4v) is 4.48. The normalized spacial score (nSPS) is 52.5. The van der Waals surface area contributed by atoms with Gasteiger partial charge in [0.05, 0.1) is 32.0 Å². The average molecular weight is 500 g/mol. The maximum atomic E-state index is 10.9. The van der Waals surface area contributed by atoms with Crippen molar-refractivity contribution in [1.82, 2.24) is 0 Å². The third-order valence-corrected chi connectivity index (χ3v) is 6.69. The van der Waals surface area contributed by atoms with Crippen molar-refractivity contribution in [3.63, 3.8) is 0 Å². The van der Waals surface area contributed by atoms with Gasteiger partial charge in [-0.05, 0) is 6.92 Å². The second kappa shape index (κ2) is 11.7. The van der Waals surface area contributed by atoms with Crippen molar-refractivity contribution in [2.45, 2.75) is 99.7 Å². The molecule has 3 saturated heterocycles. The molecule has 0 spiro atoms. The van der Waals surface area contributed by atoms with E-state index in [0.717, 1.165) is 0 Å². The first-order valence-electron chi connectivity index (χ1n) is 11.2. The summed E-state index contributed by atoms with van der Waals surface area (Å²) in [5.74, 6) is -0.815. The van der Waals surface area contributed by atoms with Crippen LogP contribution >= 0.6 is 0 Å². The van der Waals surface area contributed by atoms with Crippen LogP contribution in [0.4, 0.5) is 0 Å². The maximum Gasteiger partial charge on any atom is 0.187 e. The summed E-state index contributed by atoms with van der Waals surface area (Å²) in [6, 6.07) is 0. The molecule has 14 nitrogen and oxygen atoms in total. The minimum absolute atomic E-state index is 0.506. The Kier molecular flexibility index (Phi) is 9.61. The predicted molar refractivity (Wildman–Crippen MR) is 108 cm³/mol. The van der Waals surface area contributed by atoms with Crippen molar-refractivity contribution in [3.8, 4) is 0 Å². The number of hydrogen-bond acceptors (Lipinski definition) is 14. The van der Waals surface area contributed by atoms with Gasteiger partial charge in [0.25, 0.3) is 0 Å². The van der Waals surface area contributed by atoms with E-state index in [-0.39, 0.29) is 0 Å². The zero-order chi connectivity index (χ0) is 25.3. The number of hydrogen-bond donors (Lipinski definition) is 9. The second-order valence-corrected chi connectivity index (χ2v) is 9.02. The molecule has 0 radical (unpaired) electrons. The quantitative estimate of drug-likeness (QED) is 0.159. The van der Waals surface area contributed by atoms with Gasteiger partial charge >= 0.3 is 0 Å². The summed E-state index contributed by atoms with van der Waals surface area (Å²) < 4.78 is 28.0. The van der Waals surface area contributed by atoms with Crippen LogP contribution < -0.4 is 0 Å². The molecule has 0 saturated carbocycles. The molecular formula is C20H36O14. The van der Waals surface area contributed by atoms with Crippen molar-refractivity contribution < 1.29 is 69.6 Å². The van der Waals surface area contributed by atoms with Gasteiger partial charge in [-0.25, -0.2) is 0 Å². The van der Waals surface area contributed by atoms with Crippen LogP contribution in [0.15, 0.2) is 0 Å². The molecule has 3 aliphatic rings. The molecule has 0 aliphatic carbocycles. The lowest BCUT2D eigenvalue weighted by Crippen LogP contribution is -2.64. The molecule has 9 N–H and O–H groups in total. The summed E-state index contributed by atoms with van der Waals surface area (Å²) in [6.45, 7) is 1.28. The molecule has 14 heteroatoms. The standard InChI is InChI=1S/C20H36O14/c1-6-11(24)18(34-20-16(29)14(27)12(25)9(4-22)31-20)10(5-23)32-19(6)33-17-7(2)30-8(3-21)13(26)15(17)28/h6-29H,3-5H2,1-2H3/t6?,7-,8?,9?,10+,11?,12+,13-,14+,15?,16?,17+,18-,19+,20+/m1/s1. The molecule has 34 heavy (non-hydrogen) atoms. The molecule has 0 aromatic carbocycles. The Morgan fingerprint density at radius 1 is 0.529 bits per heavy atom. The zero-order valence-corrected chi connectivity index (χ0v) is 18.8. The smallest absolute Gasteiger partial charge is 0.187 e. The molecular weight excluding hydrogens is 464 g/mol. The molecule has 3 heterocycles. The van der Waals surface area contributed by atoms with E-state index in [4.69, 9.17) is 23.7 Å². The summed E-state index contributed by atoms with van der Waals surface area (Å²) in [5.41, 5.74) is 0. The van der Waals surface area contributed by atoms with Crippen LogP contribution in [0.1, 0.15) is 13.8 Å². The fraction of sp³-hybridized carbons (Fsp3) is 1.00. The summed E-state index contributed by atoms with van der Waals surface area (Å²) in [5, 5.41) is 90.0. The van der Waals surface area contributed by atoms with Crippen molar-refractivity contribution >= 4 is 0 Å². The first kappa shape index (κ1) is 28.0. The Bertz CT molecular complexity index is 636. The van der Waals surface area contributed by atoms with Gasteiger partial charge in [-0.3, -0.25) is 0 Å². The van der Waals surface area contributed by atoms with Gasteiger partial charge in [-0.2, -0.15) is 0 Å². The molecule has 0 amide bonds. The van der Waals surface area contributed by atoms with E-state index >= 15 is 0 Å². The highest BCUT2D eigenvalue weighted by molar-refractivity contribution is 4.95. The van der Waals surface area contributed by atoms with Crippen molar-refractivity contribution in [3.05, 3.63) is 0 Å². The van der Waals surface area contributed by atoms with E-state index < -0.39 is 112 Å². The van der Waals surface area contributed by atoms with Crippen molar-refractivity contribution in [2.75, 3.05) is 19.8 Å². The first-order valence-corrected chi connectivity index (χ1v) is 11.2. The van der Waals surface area contributed by atoms with Gasteiger partial charge in [0.2, 0.25) is 0 Å². The largest absolute Gasteiger partial charge is 0.394 e. The number of aliphatic hydroxyl groups is 9. The van der Waals surface area contributed by atoms with E-state index in [9.17, 15) is 46.0 Å². The van der Waals surface area contributed by atoms with E-state index in [1.807, 2.05) is 0 Å². The predicted octanol–water partition coefficient (Wildman–Crippen LogP) is -5.23. The third-order valence-electron chi connectivity index (χ3n) is 6.69. The Morgan fingerprint density at radius 3 is 1.62 bits per heavy atom. The summed E-state index contributed by atoms with van der Waals surface area (Å²) in [4.78, 5) is 0. The lowest BCUT2D eigenvalue weighted by atomic mass is 9.91. The zero-order valence-electron chi connectivity index (χ0n) is 18.8. The van der Waals surface area contributed by atoms with Crippen LogP contribution in [0.2, 0.25) is 0 Å². The number of aliphatic hydroxyl groups excluding tert-OH is 9. The third kappa shape index (κ3) is 5.40. The second-order valence-electron chi connectivity index (χ2n) is 9.02. The number of ether oxygens (including phenoxy) is 5. The van der Waals surface area contributed by atoms with Gasteiger partial charge < -0.3 is 69.6 Å². The molecule has 0 bridgehead atoms. The van der Waals surface area contributed by atoms with Crippen LogP contribution in [0.5, 0.6) is 0 Å². The molecule has 3 aliphatic heterocycles. The number of rotatable bonds is 7. The van der Waals surface area contributed by atoms with Crippen molar-refractivity contribution in [2.24, 2.45) is 5.92 Å². The Labute approximate surface area is 195 Å². The van der Waals surface area contributed by atoms with Crippen LogP contribution in [0.25, 0.3) is 0 Å². The van der Waals surface area contributed by atoms with Gasteiger partial charge in [0, 0.05) is 5.92 Å². The first-order chi connectivity index (χ1) is 16.0. The van der Waals surface area contributed by atoms with Crippen LogP contribution in [0, 0.1) is 5.92 Å². The Balaban J connectivity index is 1.70. The maximum absolute atomic E-state index is 10.9. The van der Waals surface area contributed by atoms with Crippen LogP contribution in [-0.4, -0.2) is 152 Å². The van der Waals surface area contributed by atoms with Gasteiger partial charge in [-0.15, -0.1) is 0 Å².